The SMILES string of the molecule is CNc1ccc(S(=O)(=O)NCc2cnc(C)cn2)cn1. The predicted octanol–water partition coefficient (Wildman–Crippen LogP) is 0.700. The quantitative estimate of drug-likeness (QED) is 0.842. The number of aryl methyl sites for hydroxylation is 1. The number of hydrogen-bond donors (Lipinski definition) is 2. The fourth-order valence-electron chi connectivity index (χ4n) is 1.45. The Kier molecular flexibility index (Phi) is 4.26. The number of rotatable bonds is 5. The Bertz CT molecular complexity index is 668. The van der Waals surface area contributed by atoms with Gasteiger partial charge in [-0.3, -0.25) is 9.97 Å². The maximum atomic E-state index is 12.1. The number of sulfonamides is 1. The molecule has 0 spiro atoms. The summed E-state index contributed by atoms with van der Waals surface area (Å²) in [4.78, 5) is 12.2. The van der Waals surface area contributed by atoms with Crippen molar-refractivity contribution in [2.75, 3.05) is 12.4 Å². The van der Waals surface area contributed by atoms with Crippen molar-refractivity contribution < 1.29 is 8.42 Å². The summed E-state index contributed by atoms with van der Waals surface area (Å²) in [5.74, 6) is 0.605. The molecule has 2 aromatic heterocycles. The van der Waals surface area contributed by atoms with Crippen LogP contribution in [0.3, 0.4) is 0 Å². The van der Waals surface area contributed by atoms with E-state index in [1.807, 2.05) is 6.92 Å². The lowest BCUT2D eigenvalue weighted by Crippen LogP contribution is -2.24. The Labute approximate surface area is 117 Å². The molecule has 7 nitrogen and oxygen atoms in total. The van der Waals surface area contributed by atoms with Gasteiger partial charge >= 0.3 is 0 Å². The van der Waals surface area contributed by atoms with Crippen molar-refractivity contribution in [3.8, 4) is 0 Å². The van der Waals surface area contributed by atoms with Crippen molar-refractivity contribution in [1.82, 2.24) is 19.7 Å². The van der Waals surface area contributed by atoms with Crippen LogP contribution in [0.5, 0.6) is 0 Å². The van der Waals surface area contributed by atoms with Crippen molar-refractivity contribution in [1.29, 1.82) is 0 Å². The van der Waals surface area contributed by atoms with Gasteiger partial charge < -0.3 is 5.32 Å². The summed E-state index contributed by atoms with van der Waals surface area (Å²) in [5, 5.41) is 2.82. The Morgan fingerprint density at radius 3 is 2.45 bits per heavy atom. The molecule has 2 aromatic rings. The van der Waals surface area contributed by atoms with Crippen LogP contribution in [0.25, 0.3) is 0 Å². The van der Waals surface area contributed by atoms with Crippen LogP contribution in [-0.2, 0) is 16.6 Å². The molecule has 0 aromatic carbocycles. The summed E-state index contributed by atoms with van der Waals surface area (Å²) in [7, 11) is -1.89. The second kappa shape index (κ2) is 5.93. The van der Waals surface area contributed by atoms with Crippen molar-refractivity contribution in [3.05, 3.63) is 42.1 Å². The number of hydrogen-bond acceptors (Lipinski definition) is 6. The van der Waals surface area contributed by atoms with Crippen molar-refractivity contribution >= 4 is 15.8 Å². The first-order valence-corrected chi connectivity index (χ1v) is 7.40. The third kappa shape index (κ3) is 3.49. The van der Waals surface area contributed by atoms with Crippen molar-refractivity contribution in [2.45, 2.75) is 18.4 Å². The Morgan fingerprint density at radius 2 is 1.90 bits per heavy atom. The standard InChI is InChI=1S/C12H15N5O2S/c1-9-5-15-10(6-14-9)7-17-20(18,19)11-3-4-12(13-2)16-8-11/h3-6,8,17H,7H2,1-2H3,(H,13,16). The molecule has 0 saturated carbocycles. The van der Waals surface area contributed by atoms with E-state index in [4.69, 9.17) is 0 Å². The van der Waals surface area contributed by atoms with E-state index in [-0.39, 0.29) is 11.4 Å². The van der Waals surface area contributed by atoms with Crippen molar-refractivity contribution in [2.24, 2.45) is 0 Å². The molecule has 2 rings (SSSR count). The Hall–Kier alpha value is -2.06. The van der Waals surface area contributed by atoms with Gasteiger partial charge in [-0.1, -0.05) is 0 Å². The van der Waals surface area contributed by atoms with Crippen LogP contribution in [0, 0.1) is 6.92 Å². The molecular weight excluding hydrogens is 278 g/mol. The number of aromatic nitrogens is 3. The molecule has 0 unspecified atom stereocenters. The largest absolute Gasteiger partial charge is 0.373 e. The third-order valence-corrected chi connectivity index (χ3v) is 3.97. The Morgan fingerprint density at radius 1 is 1.10 bits per heavy atom. The number of pyridine rings is 1. The molecule has 2 heterocycles. The molecule has 0 radical (unpaired) electrons. The molecule has 0 bridgehead atoms. The number of anilines is 1. The molecule has 0 aliphatic carbocycles. The molecule has 106 valence electrons. The highest BCUT2D eigenvalue weighted by atomic mass is 32.2. The van der Waals surface area contributed by atoms with Crippen LogP contribution in [0.2, 0.25) is 0 Å². The lowest BCUT2D eigenvalue weighted by atomic mass is 10.4. The first-order chi connectivity index (χ1) is 9.51. The van der Waals surface area contributed by atoms with Gasteiger partial charge in [-0.05, 0) is 19.1 Å². The van der Waals surface area contributed by atoms with E-state index in [0.717, 1.165) is 5.69 Å². The predicted molar refractivity (Wildman–Crippen MR) is 74.6 cm³/mol. The number of nitrogens with zero attached hydrogens (tertiary/aromatic N) is 3. The first kappa shape index (κ1) is 14.4. The summed E-state index contributed by atoms with van der Waals surface area (Å²) in [6.07, 6.45) is 4.43. The van der Waals surface area contributed by atoms with Crippen LogP contribution >= 0.6 is 0 Å². The van der Waals surface area contributed by atoms with Gasteiger partial charge in [0.25, 0.3) is 0 Å². The van der Waals surface area contributed by atoms with Crippen LogP contribution in [0.15, 0.2) is 35.6 Å². The molecular formula is C12H15N5O2S. The second-order valence-electron chi connectivity index (χ2n) is 4.10. The van der Waals surface area contributed by atoms with Gasteiger partial charge in [0, 0.05) is 19.4 Å². The van der Waals surface area contributed by atoms with Gasteiger partial charge in [-0.15, -0.1) is 0 Å². The van der Waals surface area contributed by atoms with Crippen LogP contribution in [0.4, 0.5) is 5.82 Å². The summed E-state index contributed by atoms with van der Waals surface area (Å²) >= 11 is 0. The molecule has 0 fully saturated rings. The van der Waals surface area contributed by atoms with Crippen LogP contribution in [-0.4, -0.2) is 30.4 Å². The molecule has 2 N–H and O–H groups in total. The zero-order valence-electron chi connectivity index (χ0n) is 11.2. The highest BCUT2D eigenvalue weighted by molar-refractivity contribution is 7.89. The average molecular weight is 293 g/mol. The zero-order chi connectivity index (χ0) is 14.6. The van der Waals surface area contributed by atoms with Gasteiger partial charge in [-0.25, -0.2) is 18.1 Å². The highest BCUT2D eigenvalue weighted by Gasteiger charge is 2.14. The monoisotopic (exact) mass is 293 g/mol. The fraction of sp³-hybridized carbons (Fsp3) is 0.250. The second-order valence-corrected chi connectivity index (χ2v) is 5.87. The first-order valence-electron chi connectivity index (χ1n) is 5.92. The summed E-state index contributed by atoms with van der Waals surface area (Å²) in [6, 6.07) is 3.09. The average Bonchev–Trinajstić information content (AvgIpc) is 2.47. The molecule has 0 aliphatic rings. The lowest BCUT2D eigenvalue weighted by Gasteiger charge is -2.06. The lowest BCUT2D eigenvalue weighted by molar-refractivity contribution is 0.580. The van der Waals surface area contributed by atoms with E-state index < -0.39 is 10.0 Å². The van der Waals surface area contributed by atoms with E-state index >= 15 is 0 Å². The molecule has 0 saturated heterocycles. The smallest absolute Gasteiger partial charge is 0.242 e. The summed E-state index contributed by atoms with van der Waals surface area (Å²) in [5.41, 5.74) is 1.34. The molecule has 8 heteroatoms. The van der Waals surface area contributed by atoms with E-state index in [1.54, 1.807) is 25.5 Å². The van der Waals surface area contributed by atoms with Gasteiger partial charge in [0.05, 0.1) is 24.1 Å². The Balaban J connectivity index is 2.08. The topological polar surface area (TPSA) is 96.9 Å². The van der Waals surface area contributed by atoms with Gasteiger partial charge in [0.1, 0.15) is 10.7 Å². The van der Waals surface area contributed by atoms with E-state index in [9.17, 15) is 8.42 Å². The van der Waals surface area contributed by atoms with Gasteiger partial charge in [0.15, 0.2) is 0 Å². The molecule has 0 atom stereocenters. The van der Waals surface area contributed by atoms with E-state index in [0.29, 0.717) is 11.5 Å². The fourth-order valence-corrected chi connectivity index (χ4v) is 2.39. The van der Waals surface area contributed by atoms with Gasteiger partial charge in [-0.2, -0.15) is 0 Å². The summed E-state index contributed by atoms with van der Waals surface area (Å²) in [6.45, 7) is 1.90. The minimum atomic E-state index is -3.60. The van der Waals surface area contributed by atoms with Crippen LogP contribution < -0.4 is 10.0 Å². The van der Waals surface area contributed by atoms with Crippen LogP contribution in [0.1, 0.15) is 11.4 Å². The zero-order valence-corrected chi connectivity index (χ0v) is 12.0. The van der Waals surface area contributed by atoms with E-state index in [2.05, 4.69) is 25.0 Å². The summed E-state index contributed by atoms with van der Waals surface area (Å²) < 4.78 is 26.6. The van der Waals surface area contributed by atoms with Gasteiger partial charge in [0.2, 0.25) is 10.0 Å². The number of nitrogens with one attached hydrogen (secondary N) is 2. The maximum absolute atomic E-state index is 12.1. The minimum absolute atomic E-state index is 0.0867. The minimum Gasteiger partial charge on any atom is -0.373 e. The molecule has 0 amide bonds. The normalized spacial score (nSPS) is 11.3. The molecule has 20 heavy (non-hydrogen) atoms. The van der Waals surface area contributed by atoms with E-state index in [1.165, 1.54) is 12.3 Å². The maximum Gasteiger partial charge on any atom is 0.242 e. The third-order valence-electron chi connectivity index (χ3n) is 2.58. The highest BCUT2D eigenvalue weighted by Crippen LogP contribution is 2.10. The molecule has 0 aliphatic heterocycles. The van der Waals surface area contributed by atoms with Crippen molar-refractivity contribution in [3.63, 3.8) is 0 Å².